The first-order chi connectivity index (χ1) is 4.47. The van der Waals surface area contributed by atoms with E-state index >= 15 is 0 Å². The first kappa shape index (κ1) is 4.43. The van der Waals surface area contributed by atoms with Gasteiger partial charge in [0.25, 0.3) is 0 Å². The minimum Gasteiger partial charge on any atom is -0.260 e. The quantitative estimate of drug-likeness (QED) is 0.537. The molecule has 2 heterocycles. The van der Waals surface area contributed by atoms with Crippen LogP contribution in [0.25, 0.3) is 11.0 Å². The van der Waals surface area contributed by atoms with Crippen LogP contribution in [0.5, 0.6) is 0 Å². The van der Waals surface area contributed by atoms with Crippen LogP contribution in [0.3, 0.4) is 0 Å². The highest BCUT2D eigenvalue weighted by molar-refractivity contribution is 5.70. The molecule has 0 spiro atoms. The lowest BCUT2D eigenvalue weighted by molar-refractivity contribution is 1.08. The molecule has 0 fully saturated rings. The number of hydrogen-bond donors (Lipinski definition) is 1. The molecule has 1 radical (unpaired) electrons. The molecular weight excluding hydrogens is 116 g/mol. The molecule has 4 nitrogen and oxygen atoms in total. The van der Waals surface area contributed by atoms with Gasteiger partial charge in [0.15, 0.2) is 5.65 Å². The fourth-order valence-corrected chi connectivity index (χ4v) is 0.642. The molecule has 0 saturated heterocycles. The third-order valence-corrected chi connectivity index (χ3v) is 1.05. The van der Waals surface area contributed by atoms with Gasteiger partial charge in [-0.05, 0) is 0 Å². The Morgan fingerprint density at radius 3 is 3.44 bits per heavy atom. The van der Waals surface area contributed by atoms with E-state index in [1.807, 2.05) is 0 Å². The van der Waals surface area contributed by atoms with E-state index in [1.165, 1.54) is 6.33 Å². The third-order valence-electron chi connectivity index (χ3n) is 1.05. The van der Waals surface area contributed by atoms with Gasteiger partial charge in [0, 0.05) is 6.20 Å². The van der Waals surface area contributed by atoms with Gasteiger partial charge in [0.1, 0.15) is 12.5 Å². The highest BCUT2D eigenvalue weighted by Crippen LogP contribution is 2.00. The van der Waals surface area contributed by atoms with Crippen molar-refractivity contribution < 1.29 is 0 Å². The number of aromatic amines is 1. The van der Waals surface area contributed by atoms with Crippen LogP contribution in [0.1, 0.15) is 0 Å². The number of fused-ring (bicyclic) bond motifs is 1. The monoisotopic (exact) mass is 119 g/mol. The fourth-order valence-electron chi connectivity index (χ4n) is 0.642. The van der Waals surface area contributed by atoms with Crippen molar-refractivity contribution in [2.75, 3.05) is 0 Å². The molecule has 2 aromatic rings. The van der Waals surface area contributed by atoms with Gasteiger partial charge in [0.2, 0.25) is 0 Å². The van der Waals surface area contributed by atoms with Gasteiger partial charge < -0.3 is 0 Å². The van der Waals surface area contributed by atoms with E-state index in [-0.39, 0.29) is 0 Å². The van der Waals surface area contributed by atoms with E-state index in [0.717, 1.165) is 11.0 Å². The summed E-state index contributed by atoms with van der Waals surface area (Å²) in [6.07, 6.45) is 5.81. The third kappa shape index (κ3) is 0.561. The number of nitrogens with zero attached hydrogens (tertiary/aromatic N) is 3. The van der Waals surface area contributed by atoms with Gasteiger partial charge in [-0.25, -0.2) is 9.97 Å². The smallest absolute Gasteiger partial charge is 0.159 e. The van der Waals surface area contributed by atoms with E-state index in [2.05, 4.69) is 26.4 Å². The van der Waals surface area contributed by atoms with Crippen molar-refractivity contribution in [3.05, 3.63) is 18.7 Å². The van der Waals surface area contributed by atoms with Crippen molar-refractivity contribution in [2.45, 2.75) is 0 Å². The zero-order valence-electron chi connectivity index (χ0n) is 4.50. The molecule has 9 heavy (non-hydrogen) atoms. The summed E-state index contributed by atoms with van der Waals surface area (Å²) < 4.78 is 0. The van der Waals surface area contributed by atoms with Crippen LogP contribution in [0, 0.1) is 6.20 Å². The van der Waals surface area contributed by atoms with Crippen LogP contribution in [-0.4, -0.2) is 20.2 Å². The average molecular weight is 119 g/mol. The second-order valence-electron chi connectivity index (χ2n) is 1.62. The Hall–Kier alpha value is -1.45. The maximum absolute atomic E-state index is 3.88. The molecule has 0 unspecified atom stereocenters. The van der Waals surface area contributed by atoms with Gasteiger partial charge in [-0.15, -0.1) is 0 Å². The largest absolute Gasteiger partial charge is 0.260 e. The first-order valence-electron chi connectivity index (χ1n) is 2.48. The standard InChI is InChI=1S/C5H3N4/c1-4-2-8-9-5(4)7-3-6-1/h1,3H,(H,6,7,8,9). The van der Waals surface area contributed by atoms with Crippen LogP contribution >= 0.6 is 0 Å². The molecule has 2 aromatic heterocycles. The number of rotatable bonds is 0. The summed E-state index contributed by atoms with van der Waals surface area (Å²) in [6.45, 7) is 0. The van der Waals surface area contributed by atoms with Gasteiger partial charge >= 0.3 is 0 Å². The zero-order valence-corrected chi connectivity index (χ0v) is 4.50. The van der Waals surface area contributed by atoms with Crippen molar-refractivity contribution in [1.82, 2.24) is 20.2 Å². The van der Waals surface area contributed by atoms with Crippen molar-refractivity contribution >= 4 is 11.0 Å². The number of aromatic nitrogens is 4. The molecule has 2 rings (SSSR count). The van der Waals surface area contributed by atoms with Crippen LogP contribution in [-0.2, 0) is 0 Å². The molecule has 0 aliphatic heterocycles. The van der Waals surface area contributed by atoms with E-state index in [0.29, 0.717) is 0 Å². The maximum Gasteiger partial charge on any atom is 0.159 e. The molecule has 0 saturated carbocycles. The fraction of sp³-hybridized carbons (Fsp3) is 0. The topological polar surface area (TPSA) is 54.5 Å². The summed E-state index contributed by atoms with van der Waals surface area (Å²) in [5.41, 5.74) is 0.727. The van der Waals surface area contributed by atoms with Crippen LogP contribution in [0.15, 0.2) is 12.5 Å². The summed E-state index contributed by atoms with van der Waals surface area (Å²) >= 11 is 0. The number of nitrogens with one attached hydrogen (secondary N) is 1. The maximum atomic E-state index is 3.88. The second kappa shape index (κ2) is 1.51. The molecule has 0 atom stereocenters. The van der Waals surface area contributed by atoms with E-state index in [9.17, 15) is 0 Å². The van der Waals surface area contributed by atoms with Crippen molar-refractivity contribution in [3.63, 3.8) is 0 Å². The van der Waals surface area contributed by atoms with Crippen LogP contribution < -0.4 is 0 Å². The van der Waals surface area contributed by atoms with Crippen LogP contribution in [0.4, 0.5) is 0 Å². The minimum absolute atomic E-state index is 0.727. The Morgan fingerprint density at radius 1 is 1.56 bits per heavy atom. The average Bonchev–Trinajstić information content (AvgIpc) is 2.33. The van der Waals surface area contributed by atoms with E-state index in [1.54, 1.807) is 6.20 Å². The van der Waals surface area contributed by atoms with Gasteiger partial charge in [0.05, 0.1) is 5.39 Å². The molecule has 0 aromatic carbocycles. The predicted octanol–water partition coefficient (Wildman–Crippen LogP) is 0.153. The molecule has 4 heteroatoms. The van der Waals surface area contributed by atoms with Crippen molar-refractivity contribution in [3.8, 4) is 0 Å². The lowest BCUT2D eigenvalue weighted by Gasteiger charge is -1.79. The molecule has 0 bridgehead atoms. The normalized spacial score (nSPS) is 10.2. The van der Waals surface area contributed by atoms with Crippen LogP contribution in [0.2, 0.25) is 0 Å². The summed E-state index contributed by atoms with van der Waals surface area (Å²) in [4.78, 5) is 7.66. The second-order valence-corrected chi connectivity index (χ2v) is 1.62. The number of hydrogen-bond acceptors (Lipinski definition) is 3. The lowest BCUT2D eigenvalue weighted by atomic mass is 10.5. The predicted molar refractivity (Wildman–Crippen MR) is 30.5 cm³/mol. The molecule has 1 N–H and O–H groups in total. The highest BCUT2D eigenvalue weighted by Gasteiger charge is 1.91. The molecule has 0 aliphatic carbocycles. The summed E-state index contributed by atoms with van der Waals surface area (Å²) in [6, 6.07) is 0. The van der Waals surface area contributed by atoms with Crippen molar-refractivity contribution in [1.29, 1.82) is 0 Å². The Balaban J connectivity index is 2.95. The summed E-state index contributed by atoms with van der Waals surface area (Å²) in [7, 11) is 0. The Bertz CT molecular complexity index is 283. The molecule has 43 valence electrons. The lowest BCUT2D eigenvalue weighted by Crippen LogP contribution is -1.76. The molecule has 0 aliphatic rings. The first-order valence-corrected chi connectivity index (χ1v) is 2.48. The Morgan fingerprint density at radius 2 is 2.56 bits per heavy atom. The van der Waals surface area contributed by atoms with Gasteiger partial charge in [-0.3, -0.25) is 5.10 Å². The minimum atomic E-state index is 0.727. The van der Waals surface area contributed by atoms with Crippen molar-refractivity contribution in [2.24, 2.45) is 0 Å². The van der Waals surface area contributed by atoms with Gasteiger partial charge in [-0.2, -0.15) is 5.10 Å². The molecular formula is C5H3N4. The highest BCUT2D eigenvalue weighted by atomic mass is 15.1. The van der Waals surface area contributed by atoms with E-state index in [4.69, 9.17) is 0 Å². The Labute approximate surface area is 50.9 Å². The van der Waals surface area contributed by atoms with E-state index < -0.39 is 0 Å². The zero-order chi connectivity index (χ0) is 6.10. The molecule has 0 amide bonds. The number of H-pyrrole nitrogens is 1. The SMILES string of the molecule is [c]1n[nH]c2ncncc12. The summed E-state index contributed by atoms with van der Waals surface area (Å²) in [5, 5.41) is 7.13. The Kier molecular flexibility index (Phi) is 0.745. The summed E-state index contributed by atoms with van der Waals surface area (Å²) in [5.74, 6) is 0. The van der Waals surface area contributed by atoms with Gasteiger partial charge in [-0.1, -0.05) is 0 Å².